The zero-order valence-corrected chi connectivity index (χ0v) is 14.6. The molecule has 2 rings (SSSR count). The molecule has 1 aromatic carbocycles. The fourth-order valence-corrected chi connectivity index (χ4v) is 2.01. The summed E-state index contributed by atoms with van der Waals surface area (Å²) < 4.78 is 17.7. The van der Waals surface area contributed by atoms with Crippen molar-refractivity contribution < 1.29 is 13.9 Å². The van der Waals surface area contributed by atoms with E-state index in [1.165, 1.54) is 6.20 Å². The lowest BCUT2D eigenvalue weighted by molar-refractivity contribution is 0.0939. The maximum absolute atomic E-state index is 12.4. The largest absolute Gasteiger partial charge is 0.473 e. The highest BCUT2D eigenvalue weighted by Gasteiger charge is 2.11. The topological polar surface area (TPSA) is 77.2 Å². The number of carbonyl (C=O) groups excluding carboxylic acids is 1. The maximum Gasteiger partial charge on any atom is 0.253 e. The van der Waals surface area contributed by atoms with E-state index in [1.54, 1.807) is 12.1 Å². The summed E-state index contributed by atoms with van der Waals surface area (Å²) in [6, 6.07) is 12.7. The number of aromatic nitrogens is 1. The highest BCUT2D eigenvalue weighted by molar-refractivity contribution is 5.94. The Hall–Kier alpha value is -2.44. The summed E-state index contributed by atoms with van der Waals surface area (Å²) >= 11 is 0. The number of carbonyl (C=O) groups is 1. The predicted molar refractivity (Wildman–Crippen MR) is 97.5 cm³/mol. The van der Waals surface area contributed by atoms with Gasteiger partial charge in [0.2, 0.25) is 5.88 Å². The Morgan fingerprint density at radius 3 is 2.60 bits per heavy atom. The first-order valence-corrected chi connectivity index (χ1v) is 7.57. The Morgan fingerprint density at radius 1 is 1.32 bits per heavy atom. The van der Waals surface area contributed by atoms with Crippen LogP contribution in [-0.4, -0.2) is 24.0 Å². The molecular formula is C18H21ClFN3O2. The molecule has 0 aliphatic carbocycles. The van der Waals surface area contributed by atoms with E-state index in [2.05, 4.69) is 10.3 Å². The minimum absolute atomic E-state index is 0. The molecule has 3 N–H and O–H groups in total. The Balaban J connectivity index is 0.00000312. The number of rotatable bonds is 7. The van der Waals surface area contributed by atoms with E-state index in [1.807, 2.05) is 37.3 Å². The van der Waals surface area contributed by atoms with Crippen LogP contribution in [0.1, 0.15) is 28.9 Å². The van der Waals surface area contributed by atoms with Crippen molar-refractivity contribution in [1.29, 1.82) is 0 Å². The number of ether oxygens (including phenoxy) is 1. The summed E-state index contributed by atoms with van der Waals surface area (Å²) in [4.78, 5) is 16.3. The average Bonchev–Trinajstić information content (AvgIpc) is 2.63. The smallest absolute Gasteiger partial charge is 0.253 e. The van der Waals surface area contributed by atoms with Crippen molar-refractivity contribution in [3.63, 3.8) is 0 Å². The molecule has 0 spiro atoms. The van der Waals surface area contributed by atoms with E-state index >= 15 is 0 Å². The molecule has 1 amide bonds. The molecule has 2 aromatic rings. The van der Waals surface area contributed by atoms with Gasteiger partial charge in [-0.2, -0.15) is 0 Å². The monoisotopic (exact) mass is 365 g/mol. The minimum atomic E-state index is -0.225. The molecule has 0 unspecified atom stereocenters. The number of nitrogens with two attached hydrogens (primary N) is 1. The molecule has 134 valence electrons. The molecule has 0 saturated heterocycles. The molecule has 0 bridgehead atoms. The number of nitrogens with zero attached hydrogens (tertiary/aromatic N) is 1. The van der Waals surface area contributed by atoms with Gasteiger partial charge in [0.1, 0.15) is 6.61 Å². The number of hydrogen-bond acceptors (Lipinski definition) is 4. The van der Waals surface area contributed by atoms with Crippen molar-refractivity contribution in [2.75, 3.05) is 13.2 Å². The molecular weight excluding hydrogens is 345 g/mol. The van der Waals surface area contributed by atoms with E-state index in [4.69, 9.17) is 10.5 Å². The molecule has 0 fully saturated rings. The molecule has 0 saturated carbocycles. The van der Waals surface area contributed by atoms with E-state index in [0.29, 0.717) is 23.3 Å². The van der Waals surface area contributed by atoms with Crippen molar-refractivity contribution in [3.8, 4) is 5.88 Å². The van der Waals surface area contributed by atoms with Crippen LogP contribution in [0, 0.1) is 0 Å². The van der Waals surface area contributed by atoms with E-state index in [9.17, 15) is 9.18 Å². The van der Waals surface area contributed by atoms with Gasteiger partial charge in [0.05, 0.1) is 17.9 Å². The Morgan fingerprint density at radius 2 is 2.04 bits per heavy atom. The van der Waals surface area contributed by atoms with Gasteiger partial charge in [0.25, 0.3) is 5.91 Å². The third-order valence-corrected chi connectivity index (χ3v) is 3.47. The van der Waals surface area contributed by atoms with Gasteiger partial charge in [-0.25, -0.2) is 9.37 Å². The quantitative estimate of drug-likeness (QED) is 0.790. The van der Waals surface area contributed by atoms with Crippen LogP contribution in [0.2, 0.25) is 0 Å². The lowest BCUT2D eigenvalue weighted by Gasteiger charge is -2.14. The molecule has 1 heterocycles. The first-order chi connectivity index (χ1) is 11.6. The number of hydrogen-bond donors (Lipinski definition) is 2. The van der Waals surface area contributed by atoms with Gasteiger partial charge >= 0.3 is 0 Å². The minimum Gasteiger partial charge on any atom is -0.473 e. The Kier molecular flexibility index (Phi) is 8.60. The molecule has 25 heavy (non-hydrogen) atoms. The van der Waals surface area contributed by atoms with Gasteiger partial charge in [-0.3, -0.25) is 4.79 Å². The molecule has 5 nitrogen and oxygen atoms in total. The third kappa shape index (κ3) is 6.17. The first kappa shape index (κ1) is 20.6. The summed E-state index contributed by atoms with van der Waals surface area (Å²) in [6.45, 7) is 2.01. The summed E-state index contributed by atoms with van der Waals surface area (Å²) in [5.74, 6) is 0.0761. The van der Waals surface area contributed by atoms with Crippen molar-refractivity contribution in [2.24, 2.45) is 5.73 Å². The number of nitrogens with one attached hydrogen (secondary N) is 1. The SMILES string of the molecule is C[C@@H](NC(=O)c1ccc(OC/C(=C\F)CN)nc1)c1ccccc1.Cl. The van der Waals surface area contributed by atoms with E-state index < -0.39 is 0 Å². The van der Waals surface area contributed by atoms with Crippen LogP contribution < -0.4 is 15.8 Å². The molecule has 1 atom stereocenters. The normalized spacial score (nSPS) is 12.0. The molecule has 7 heteroatoms. The second-order valence-electron chi connectivity index (χ2n) is 5.25. The third-order valence-electron chi connectivity index (χ3n) is 3.47. The summed E-state index contributed by atoms with van der Waals surface area (Å²) in [6.07, 6.45) is 1.84. The van der Waals surface area contributed by atoms with Crippen molar-refractivity contribution in [3.05, 3.63) is 71.7 Å². The Bertz CT molecular complexity index is 693. The van der Waals surface area contributed by atoms with Gasteiger partial charge in [0.15, 0.2) is 0 Å². The standard InChI is InChI=1S/C18H20FN3O2.ClH/c1-13(15-5-3-2-4-6-15)22-18(23)16-7-8-17(21-11-16)24-12-14(9-19)10-20;/h2-9,11,13H,10,12,20H2,1H3,(H,22,23);1H/b14-9-;/t13-;/m1./s1. The molecule has 1 aromatic heterocycles. The maximum atomic E-state index is 12.4. The fraction of sp³-hybridized carbons (Fsp3) is 0.222. The molecule has 0 aliphatic rings. The van der Waals surface area contributed by atoms with Crippen molar-refractivity contribution >= 4 is 18.3 Å². The second kappa shape index (κ2) is 10.4. The number of amides is 1. The van der Waals surface area contributed by atoms with Crippen LogP contribution in [0.15, 0.2) is 60.6 Å². The fourth-order valence-electron chi connectivity index (χ4n) is 2.01. The lowest BCUT2D eigenvalue weighted by Crippen LogP contribution is -2.26. The van der Waals surface area contributed by atoms with Gasteiger partial charge in [-0.1, -0.05) is 30.3 Å². The number of halogens is 2. The van der Waals surface area contributed by atoms with Crippen LogP contribution >= 0.6 is 12.4 Å². The highest BCUT2D eigenvalue weighted by atomic mass is 35.5. The van der Waals surface area contributed by atoms with Gasteiger partial charge in [-0.15, -0.1) is 12.4 Å². The first-order valence-electron chi connectivity index (χ1n) is 7.57. The van der Waals surface area contributed by atoms with Crippen LogP contribution in [0.3, 0.4) is 0 Å². The van der Waals surface area contributed by atoms with E-state index in [0.717, 1.165) is 5.56 Å². The van der Waals surface area contributed by atoms with Crippen LogP contribution in [0.5, 0.6) is 5.88 Å². The summed E-state index contributed by atoms with van der Waals surface area (Å²) in [5.41, 5.74) is 7.11. The van der Waals surface area contributed by atoms with Crippen LogP contribution in [0.4, 0.5) is 4.39 Å². The second-order valence-corrected chi connectivity index (χ2v) is 5.25. The van der Waals surface area contributed by atoms with Crippen molar-refractivity contribution in [2.45, 2.75) is 13.0 Å². The molecule has 0 radical (unpaired) electrons. The summed E-state index contributed by atoms with van der Waals surface area (Å²) in [5, 5.41) is 2.91. The van der Waals surface area contributed by atoms with Crippen molar-refractivity contribution in [1.82, 2.24) is 10.3 Å². The highest BCUT2D eigenvalue weighted by Crippen LogP contribution is 2.13. The van der Waals surface area contributed by atoms with E-state index in [-0.39, 0.29) is 37.5 Å². The number of pyridine rings is 1. The zero-order valence-electron chi connectivity index (χ0n) is 13.8. The average molecular weight is 366 g/mol. The molecule has 0 aliphatic heterocycles. The van der Waals surface area contributed by atoms with Crippen LogP contribution in [0.25, 0.3) is 0 Å². The zero-order chi connectivity index (χ0) is 17.4. The lowest BCUT2D eigenvalue weighted by atomic mass is 10.1. The predicted octanol–water partition coefficient (Wildman–Crippen LogP) is 3.19. The number of benzene rings is 1. The van der Waals surface area contributed by atoms with Gasteiger partial charge < -0.3 is 15.8 Å². The van der Waals surface area contributed by atoms with Gasteiger partial charge in [-0.05, 0) is 18.6 Å². The summed E-state index contributed by atoms with van der Waals surface area (Å²) in [7, 11) is 0. The Labute approximate surface area is 152 Å². The van der Waals surface area contributed by atoms with Crippen LogP contribution in [-0.2, 0) is 0 Å². The van der Waals surface area contributed by atoms with Gasteiger partial charge in [0, 0.05) is 24.4 Å².